The van der Waals surface area contributed by atoms with E-state index >= 15 is 28.8 Å². The summed E-state index contributed by atoms with van der Waals surface area (Å²) in [4.78, 5) is 155. The first-order valence-corrected chi connectivity index (χ1v) is 45.8. The molecule has 4 atom stereocenters. The first-order chi connectivity index (χ1) is 67.2. The molecule has 0 bridgehead atoms. The zero-order valence-electron chi connectivity index (χ0n) is 77.0. The molecule has 0 N–H and O–H groups in total. The van der Waals surface area contributed by atoms with E-state index in [0.29, 0.717) is 61.3 Å². The number of benzene rings is 13. The molecule has 2 aliphatic heterocycles. The lowest BCUT2D eigenvalue weighted by Gasteiger charge is -2.39. The number of carbonyl (C=O) groups excluding carboxylic acids is 10. The van der Waals surface area contributed by atoms with Crippen LogP contribution >= 0.6 is 0 Å². The second-order valence-corrected chi connectivity index (χ2v) is 32.9. The summed E-state index contributed by atoms with van der Waals surface area (Å²) in [6, 6.07) is 67.6. The number of fused-ring (bicyclic) bond motifs is 2. The third kappa shape index (κ3) is 21.8. The maximum absolute atomic E-state index is 17.2. The van der Waals surface area contributed by atoms with Crippen LogP contribution < -0.4 is 28.7 Å². The van der Waals surface area contributed by atoms with Crippen molar-refractivity contribution in [1.29, 1.82) is 0 Å². The third-order valence-electron chi connectivity index (χ3n) is 24.2. The van der Waals surface area contributed by atoms with Gasteiger partial charge >= 0.3 is 23.9 Å². The van der Waals surface area contributed by atoms with Gasteiger partial charge in [0.05, 0.1) is 75.1 Å². The predicted octanol–water partition coefficient (Wildman–Crippen LogP) is 20.8. The van der Waals surface area contributed by atoms with Crippen LogP contribution in [-0.2, 0) is 92.3 Å². The van der Waals surface area contributed by atoms with Crippen molar-refractivity contribution in [2.24, 2.45) is 11.8 Å². The number of ether oxygens (including phenoxy) is 12. The normalized spacial score (nSPS) is 13.0. The lowest BCUT2D eigenvalue weighted by atomic mass is 9.79. The second kappa shape index (κ2) is 45.5. The molecule has 138 heavy (non-hydrogen) atoms. The van der Waals surface area contributed by atoms with Crippen LogP contribution in [0.3, 0.4) is 0 Å². The Balaban J connectivity index is 1.02. The maximum Gasteiger partial charge on any atom is 0.330 e. The highest BCUT2D eigenvalue weighted by molar-refractivity contribution is 6.45. The number of imide groups is 2. The lowest BCUT2D eigenvalue weighted by Crippen LogP contribution is -2.56. The van der Waals surface area contributed by atoms with E-state index in [1.54, 1.807) is 170 Å². The highest BCUT2D eigenvalue weighted by Gasteiger charge is 2.50. The van der Waals surface area contributed by atoms with Crippen molar-refractivity contribution in [1.82, 2.24) is 9.80 Å². The molecule has 704 valence electrons. The summed E-state index contributed by atoms with van der Waals surface area (Å²) >= 11 is 0. The largest absolute Gasteiger partial charge is 0.460 e. The van der Waals surface area contributed by atoms with Gasteiger partial charge in [0.15, 0.2) is 0 Å². The first kappa shape index (κ1) is 96.8. The van der Waals surface area contributed by atoms with Gasteiger partial charge < -0.3 is 56.8 Å². The van der Waals surface area contributed by atoms with Crippen molar-refractivity contribution >= 4 is 125 Å². The van der Waals surface area contributed by atoms with Crippen LogP contribution in [0.25, 0.3) is 43.1 Å². The van der Waals surface area contributed by atoms with E-state index in [2.05, 4.69) is 26.3 Å². The lowest BCUT2D eigenvalue weighted by molar-refractivity contribution is -0.140. The molecule has 0 spiro atoms. The molecule has 15 rings (SSSR count). The highest BCUT2D eigenvalue weighted by atomic mass is 16.6. The van der Waals surface area contributed by atoms with Crippen LogP contribution in [0.2, 0.25) is 0 Å². The SMILES string of the molecule is C=CC(=O)OCCOCCc1ccc(Oc2cc3c4c(cc(Oc5ccc(CCOCCOC(=O)C=C)cc5)c5c6c(Oc7ccc(CCOCCOC(=O)C=C)cc7)cc7c8c(cc(Oc9ccc(CCOCCOC(=O)C=C)cc9)c(c2c45)c86)C(=O)N(C(C(=O)N(c2ccccc2)c2ccccc2)C(C)CC)C7=O)C(=O)N(C(C(=O)N(c2ccccc2)c2ccccc2)C(C)CC)C3=O)cc1. The molecule has 0 radical (unpaired) electrons. The number of hydrogen-bond acceptors (Lipinski definition) is 22. The minimum Gasteiger partial charge on any atom is -0.460 e. The minimum absolute atomic E-state index is 0.00268. The van der Waals surface area contributed by atoms with Crippen molar-refractivity contribution < 1.29 is 105 Å². The molecule has 0 fully saturated rings. The van der Waals surface area contributed by atoms with Crippen molar-refractivity contribution in [3.8, 4) is 46.0 Å². The topological polar surface area (TPSA) is 294 Å². The number of anilines is 4. The smallest absolute Gasteiger partial charge is 0.330 e. The molecule has 4 unspecified atom stereocenters. The van der Waals surface area contributed by atoms with Crippen LogP contribution in [0.15, 0.2) is 293 Å². The van der Waals surface area contributed by atoms with Crippen molar-refractivity contribution in [3.05, 3.63) is 338 Å². The van der Waals surface area contributed by atoms with E-state index in [4.69, 9.17) is 56.8 Å². The van der Waals surface area contributed by atoms with Crippen molar-refractivity contribution in [2.75, 3.05) is 89.1 Å². The first-order valence-electron chi connectivity index (χ1n) is 45.8. The van der Waals surface area contributed by atoms with Crippen LogP contribution in [0.4, 0.5) is 22.7 Å². The van der Waals surface area contributed by atoms with Crippen molar-refractivity contribution in [2.45, 2.75) is 78.3 Å². The average Bonchev–Trinajstić information content (AvgIpc) is 0.668. The molecule has 2 aliphatic rings. The van der Waals surface area contributed by atoms with Gasteiger partial charge in [-0.25, -0.2) is 19.2 Å². The molecule has 2 heterocycles. The van der Waals surface area contributed by atoms with E-state index < -0.39 is 83.2 Å². The molecular formula is C112H104N4O22. The van der Waals surface area contributed by atoms with E-state index in [1.165, 1.54) is 9.80 Å². The fourth-order valence-electron chi connectivity index (χ4n) is 17.0. The average molecular weight is 1860 g/mol. The summed E-state index contributed by atoms with van der Waals surface area (Å²) in [5.74, 6) is -7.72. The highest BCUT2D eigenvalue weighted by Crippen LogP contribution is 2.59. The van der Waals surface area contributed by atoms with Gasteiger partial charge in [0.25, 0.3) is 35.4 Å². The number of esters is 4. The summed E-state index contributed by atoms with van der Waals surface area (Å²) in [5.41, 5.74) is 4.70. The van der Waals surface area contributed by atoms with Gasteiger partial charge in [-0.05, 0) is 181 Å². The standard InChI is InChI=1S/C112H104N4O22/c1-9-71(7)105(111(125)113(77-27-19-15-20-28-77)78-29-21-16-22-30-78)115-107(121)85-67-89(135-81-43-35-73(36-44-81)51-55-127-59-63-131-93(117)11-3)99-101-91(137-83-47-39-75(40-48-83)53-57-129-61-65-133-95(119)13-5)69-87-98-88(110(124)116(109(87)123)106(72(8)10-2)112(126)114(79-31-23-17-24-32-79)80-33-25-18-26-34-80)70-92(138-84-49-41-76(42-50-84)54-58-130-62-66-134-96(120)14-6)102(104(98)101)100-90(68-86(108(115)122)97(85)103(99)100)136-82-45-37-74(38-46-82)52-56-128-60-64-132-94(118)12-4/h11-50,67-72,105-106H,3-6,9-10,51-66H2,1-2,7-8H3. The Kier molecular flexibility index (Phi) is 31.9. The molecule has 13 aromatic carbocycles. The molecule has 13 aromatic rings. The van der Waals surface area contributed by atoms with Crippen LogP contribution in [-0.4, -0.2) is 160 Å². The van der Waals surface area contributed by atoms with Gasteiger partial charge in [-0.3, -0.25) is 48.4 Å². The molecule has 0 aromatic heterocycles. The summed E-state index contributed by atoms with van der Waals surface area (Å²) in [7, 11) is 0. The molecule has 0 saturated heterocycles. The second-order valence-electron chi connectivity index (χ2n) is 32.9. The number of amides is 6. The monoisotopic (exact) mass is 1860 g/mol. The Bertz CT molecular complexity index is 5910. The Morgan fingerprint density at radius 2 is 0.507 bits per heavy atom. The quantitative estimate of drug-likeness (QED) is 0.00651. The molecule has 0 saturated carbocycles. The third-order valence-corrected chi connectivity index (χ3v) is 24.2. The number of hydrogen-bond donors (Lipinski definition) is 0. The van der Waals surface area contributed by atoms with Crippen molar-refractivity contribution in [3.63, 3.8) is 0 Å². The van der Waals surface area contributed by atoms with E-state index in [-0.39, 0.29) is 191 Å². The Morgan fingerprint density at radius 1 is 0.290 bits per heavy atom. The zero-order valence-corrected chi connectivity index (χ0v) is 77.0. The molecule has 0 aliphatic carbocycles. The zero-order chi connectivity index (χ0) is 96.9. The van der Waals surface area contributed by atoms with Crippen LogP contribution in [0.5, 0.6) is 46.0 Å². The summed E-state index contributed by atoms with van der Waals surface area (Å²) in [5, 5.41) is 1.12. The van der Waals surface area contributed by atoms with E-state index in [1.807, 2.05) is 100 Å². The van der Waals surface area contributed by atoms with Gasteiger partial charge in [-0.15, -0.1) is 0 Å². The Labute approximate surface area is 798 Å². The molecule has 26 heteroatoms. The maximum atomic E-state index is 17.2. The summed E-state index contributed by atoms with van der Waals surface area (Å²) in [6.45, 7) is 22.7. The predicted molar refractivity (Wildman–Crippen MR) is 524 cm³/mol. The van der Waals surface area contributed by atoms with Crippen LogP contribution in [0.1, 0.15) is 104 Å². The van der Waals surface area contributed by atoms with Gasteiger partial charge in [0.1, 0.15) is 84.5 Å². The number of para-hydroxylation sites is 4. The number of nitrogens with zero attached hydrogens (tertiary/aromatic N) is 4. The summed E-state index contributed by atoms with van der Waals surface area (Å²) < 4.78 is 74.2. The van der Waals surface area contributed by atoms with Crippen LogP contribution in [0, 0.1) is 11.8 Å². The van der Waals surface area contributed by atoms with Gasteiger partial charge in [0.2, 0.25) is 0 Å². The summed E-state index contributed by atoms with van der Waals surface area (Å²) in [6.07, 6.45) is 6.48. The number of rotatable bonds is 48. The van der Waals surface area contributed by atoms with Gasteiger partial charge in [-0.2, -0.15) is 0 Å². The molecule has 6 amide bonds. The molecular weight excluding hydrogens is 1750 g/mol. The number of carbonyl (C=O) groups is 10. The fourth-order valence-corrected chi connectivity index (χ4v) is 17.0. The Hall–Kier alpha value is -15.7. The fraction of sp³-hybridized carbons (Fsp3) is 0.232. The van der Waals surface area contributed by atoms with E-state index in [9.17, 15) is 19.2 Å². The van der Waals surface area contributed by atoms with Gasteiger partial charge in [-0.1, -0.05) is 188 Å². The Morgan fingerprint density at radius 3 is 0.710 bits per heavy atom. The molecule has 26 nitrogen and oxygen atoms in total. The minimum atomic E-state index is -1.51. The van der Waals surface area contributed by atoms with Gasteiger partial charge in [0, 0.05) is 90.1 Å². The van der Waals surface area contributed by atoms with E-state index in [0.717, 1.165) is 56.4 Å².